The Hall–Kier alpha value is -3.40. The van der Waals surface area contributed by atoms with E-state index in [1.54, 1.807) is 7.11 Å². The Morgan fingerprint density at radius 3 is 2.59 bits per heavy atom. The van der Waals surface area contributed by atoms with Gasteiger partial charge in [-0.2, -0.15) is 0 Å². The van der Waals surface area contributed by atoms with Gasteiger partial charge in [0.25, 0.3) is 0 Å². The maximum Gasteiger partial charge on any atom is 0.150 e. The van der Waals surface area contributed by atoms with Crippen molar-refractivity contribution in [2.75, 3.05) is 12.8 Å². The first-order valence-corrected chi connectivity index (χ1v) is 8.83. The highest BCUT2D eigenvalue weighted by molar-refractivity contribution is 6.08. The van der Waals surface area contributed by atoms with Crippen LogP contribution in [0.3, 0.4) is 0 Å². The molecule has 4 nitrogen and oxygen atoms in total. The van der Waals surface area contributed by atoms with Crippen LogP contribution in [-0.4, -0.2) is 17.1 Å². The van der Waals surface area contributed by atoms with Gasteiger partial charge in [-0.1, -0.05) is 30.4 Å². The molecule has 2 heterocycles. The van der Waals surface area contributed by atoms with Gasteiger partial charge < -0.3 is 10.5 Å². The van der Waals surface area contributed by atoms with E-state index in [2.05, 4.69) is 60.2 Å². The first-order valence-electron chi connectivity index (χ1n) is 8.83. The Morgan fingerprint density at radius 2 is 1.81 bits per heavy atom. The van der Waals surface area contributed by atoms with Crippen LogP contribution in [0.1, 0.15) is 22.3 Å². The summed E-state index contributed by atoms with van der Waals surface area (Å²) < 4.78 is 5.27. The van der Waals surface area contributed by atoms with Crippen molar-refractivity contribution in [3.8, 4) is 5.75 Å². The van der Waals surface area contributed by atoms with Gasteiger partial charge in [0.15, 0.2) is 5.82 Å². The van der Waals surface area contributed by atoms with Gasteiger partial charge in [0.2, 0.25) is 0 Å². The van der Waals surface area contributed by atoms with E-state index in [1.807, 2.05) is 24.4 Å². The maximum atomic E-state index is 6.13. The highest BCUT2D eigenvalue weighted by Crippen LogP contribution is 2.28. The van der Waals surface area contributed by atoms with Crippen LogP contribution in [0.25, 0.3) is 34.0 Å². The molecule has 0 saturated carbocycles. The van der Waals surface area contributed by atoms with E-state index in [-0.39, 0.29) is 0 Å². The SMILES string of the molecule is COc1ccc(/C=C\c2cnc3c(N)nc4cc(C)ccc4c3c2)c(C)c1. The summed E-state index contributed by atoms with van der Waals surface area (Å²) in [5, 5.41) is 2.08. The van der Waals surface area contributed by atoms with E-state index in [4.69, 9.17) is 10.5 Å². The number of hydrogen-bond acceptors (Lipinski definition) is 4. The van der Waals surface area contributed by atoms with Crippen LogP contribution in [0.15, 0.2) is 48.7 Å². The second-order valence-corrected chi connectivity index (χ2v) is 6.74. The number of nitrogens with two attached hydrogens (primary N) is 1. The number of rotatable bonds is 3. The van der Waals surface area contributed by atoms with Crippen molar-refractivity contribution in [3.05, 3.63) is 70.9 Å². The van der Waals surface area contributed by atoms with Gasteiger partial charge >= 0.3 is 0 Å². The zero-order chi connectivity index (χ0) is 19.0. The third-order valence-electron chi connectivity index (χ3n) is 4.77. The quantitative estimate of drug-likeness (QED) is 0.516. The molecule has 0 aliphatic heterocycles. The fraction of sp³-hybridized carbons (Fsp3) is 0.130. The molecule has 0 fully saturated rings. The molecule has 0 aliphatic rings. The molecule has 4 aromatic rings. The summed E-state index contributed by atoms with van der Waals surface area (Å²) in [4.78, 5) is 9.06. The third kappa shape index (κ3) is 3.22. The van der Waals surface area contributed by atoms with E-state index < -0.39 is 0 Å². The molecular weight excluding hydrogens is 334 g/mol. The predicted octanol–water partition coefficient (Wildman–Crippen LogP) is 5.16. The number of ether oxygens (including phenoxy) is 1. The van der Waals surface area contributed by atoms with Gasteiger partial charge in [-0.15, -0.1) is 0 Å². The molecule has 0 spiro atoms. The summed E-state index contributed by atoms with van der Waals surface area (Å²) in [5.41, 5.74) is 12.3. The van der Waals surface area contributed by atoms with Crippen LogP contribution in [0, 0.1) is 13.8 Å². The highest BCUT2D eigenvalue weighted by Gasteiger charge is 2.08. The molecule has 0 saturated heterocycles. The van der Waals surface area contributed by atoms with Crippen LogP contribution in [0.4, 0.5) is 5.82 Å². The first kappa shape index (κ1) is 17.0. The van der Waals surface area contributed by atoms with Crippen molar-refractivity contribution in [1.82, 2.24) is 9.97 Å². The minimum Gasteiger partial charge on any atom is -0.497 e. The molecule has 2 N–H and O–H groups in total. The fourth-order valence-corrected chi connectivity index (χ4v) is 3.27. The van der Waals surface area contributed by atoms with Gasteiger partial charge in [-0.3, -0.25) is 4.98 Å². The molecule has 0 radical (unpaired) electrons. The monoisotopic (exact) mass is 355 g/mol. The van der Waals surface area contributed by atoms with Gasteiger partial charge in [-0.25, -0.2) is 4.98 Å². The number of anilines is 1. The molecule has 0 amide bonds. The van der Waals surface area contributed by atoms with Gasteiger partial charge in [0, 0.05) is 17.0 Å². The molecular formula is C23H21N3O. The maximum absolute atomic E-state index is 6.13. The number of methoxy groups -OCH3 is 1. The molecule has 2 aromatic heterocycles. The standard InChI is InChI=1S/C23H21N3O/c1-14-4-9-19-20-12-16(13-25-22(20)23(24)26-21(19)10-14)5-6-17-7-8-18(27-3)11-15(17)2/h4-13H,1-3H3,(H2,24,26)/b6-5-. The van der Waals surface area contributed by atoms with E-state index in [0.717, 1.165) is 49.8 Å². The molecule has 0 unspecified atom stereocenters. The predicted molar refractivity (Wildman–Crippen MR) is 113 cm³/mol. The van der Waals surface area contributed by atoms with Crippen LogP contribution in [0.2, 0.25) is 0 Å². The summed E-state index contributed by atoms with van der Waals surface area (Å²) in [6.45, 7) is 4.12. The zero-order valence-corrected chi connectivity index (χ0v) is 15.7. The molecule has 4 heteroatoms. The lowest BCUT2D eigenvalue weighted by Gasteiger charge is -2.08. The molecule has 0 aliphatic carbocycles. The summed E-state index contributed by atoms with van der Waals surface area (Å²) in [6, 6.07) is 14.4. The average Bonchev–Trinajstić information content (AvgIpc) is 2.66. The van der Waals surface area contributed by atoms with Gasteiger partial charge in [-0.05, 0) is 60.4 Å². The fourth-order valence-electron chi connectivity index (χ4n) is 3.27. The first-order chi connectivity index (χ1) is 13.0. The molecule has 0 atom stereocenters. The topological polar surface area (TPSA) is 61.0 Å². The van der Waals surface area contributed by atoms with Crippen molar-refractivity contribution < 1.29 is 4.74 Å². The highest BCUT2D eigenvalue weighted by atomic mass is 16.5. The van der Waals surface area contributed by atoms with Crippen molar-refractivity contribution in [1.29, 1.82) is 0 Å². The number of fused-ring (bicyclic) bond motifs is 3. The lowest BCUT2D eigenvalue weighted by Crippen LogP contribution is -1.96. The van der Waals surface area contributed by atoms with Crippen LogP contribution < -0.4 is 10.5 Å². The molecule has 2 aromatic carbocycles. The number of aromatic nitrogens is 2. The normalized spacial score (nSPS) is 11.5. The Balaban J connectivity index is 1.80. The Kier molecular flexibility index (Phi) is 4.24. The molecule has 134 valence electrons. The second-order valence-electron chi connectivity index (χ2n) is 6.74. The van der Waals surface area contributed by atoms with Crippen LogP contribution in [0.5, 0.6) is 5.75 Å². The van der Waals surface area contributed by atoms with Crippen molar-refractivity contribution in [3.63, 3.8) is 0 Å². The van der Waals surface area contributed by atoms with Crippen molar-refractivity contribution in [2.24, 2.45) is 0 Å². The minimum absolute atomic E-state index is 0.463. The molecule has 27 heavy (non-hydrogen) atoms. The summed E-state index contributed by atoms with van der Waals surface area (Å²) >= 11 is 0. The van der Waals surface area contributed by atoms with E-state index in [9.17, 15) is 0 Å². The molecule has 0 bridgehead atoms. The van der Waals surface area contributed by atoms with E-state index >= 15 is 0 Å². The Bertz CT molecular complexity index is 1200. The summed E-state index contributed by atoms with van der Waals surface area (Å²) in [6.07, 6.45) is 5.99. The van der Waals surface area contributed by atoms with Gasteiger partial charge in [0.1, 0.15) is 11.3 Å². The zero-order valence-electron chi connectivity index (χ0n) is 15.7. The number of benzene rings is 2. The number of pyridine rings is 2. The van der Waals surface area contributed by atoms with E-state index in [1.165, 1.54) is 0 Å². The number of hydrogen-bond donors (Lipinski definition) is 1. The van der Waals surface area contributed by atoms with Crippen molar-refractivity contribution in [2.45, 2.75) is 13.8 Å². The summed E-state index contributed by atoms with van der Waals surface area (Å²) in [5.74, 6) is 1.33. The smallest absolute Gasteiger partial charge is 0.150 e. The summed E-state index contributed by atoms with van der Waals surface area (Å²) in [7, 11) is 1.68. The second kappa shape index (κ2) is 6.72. The van der Waals surface area contributed by atoms with Crippen LogP contribution >= 0.6 is 0 Å². The van der Waals surface area contributed by atoms with E-state index in [0.29, 0.717) is 5.82 Å². The number of nitrogen functional groups attached to an aromatic ring is 1. The largest absolute Gasteiger partial charge is 0.497 e. The Morgan fingerprint density at radius 1 is 0.963 bits per heavy atom. The minimum atomic E-state index is 0.463. The lowest BCUT2D eigenvalue weighted by atomic mass is 10.0. The van der Waals surface area contributed by atoms with Gasteiger partial charge in [0.05, 0.1) is 12.6 Å². The van der Waals surface area contributed by atoms with Crippen LogP contribution in [-0.2, 0) is 0 Å². The Labute approximate surface area is 158 Å². The number of nitrogens with zero attached hydrogens (tertiary/aromatic N) is 2. The lowest BCUT2D eigenvalue weighted by molar-refractivity contribution is 0.414. The third-order valence-corrected chi connectivity index (χ3v) is 4.77. The average molecular weight is 355 g/mol. The number of aryl methyl sites for hydroxylation is 2. The molecule has 4 rings (SSSR count). The van der Waals surface area contributed by atoms with Crippen molar-refractivity contribution >= 4 is 39.8 Å².